The molecule has 3 N–H and O–H groups in total. The van der Waals surface area contributed by atoms with Crippen LogP contribution in [0.2, 0.25) is 0 Å². The molecule has 11 heteroatoms. The van der Waals surface area contributed by atoms with Crippen molar-refractivity contribution in [3.8, 4) is 0 Å². The maximum Gasteiger partial charge on any atom is 0.322 e. The Morgan fingerprint density at radius 2 is 2.00 bits per heavy atom. The van der Waals surface area contributed by atoms with Crippen molar-refractivity contribution >= 4 is 39.6 Å². The summed E-state index contributed by atoms with van der Waals surface area (Å²) in [5.41, 5.74) is -0.305. The summed E-state index contributed by atoms with van der Waals surface area (Å²) in [6, 6.07) is 0.487. The highest BCUT2D eigenvalue weighted by Gasteiger charge is 2.54. The van der Waals surface area contributed by atoms with Crippen molar-refractivity contribution in [2.24, 2.45) is 0 Å². The van der Waals surface area contributed by atoms with E-state index < -0.39 is 15.3 Å². The topological polar surface area (TPSA) is 93.8 Å². The first-order valence-corrected chi connectivity index (χ1v) is 15.1. The van der Waals surface area contributed by atoms with Gasteiger partial charge in [0, 0.05) is 35.7 Å². The molecule has 5 rings (SSSR count). The molecule has 7 unspecified atom stereocenters. The number of hydrogen-bond donors (Lipinski definition) is 3. The lowest BCUT2D eigenvalue weighted by Crippen LogP contribution is -2.52. The highest BCUT2D eigenvalue weighted by atomic mass is 32.2. The van der Waals surface area contributed by atoms with Crippen LogP contribution in [0.4, 0.5) is 4.79 Å². The van der Waals surface area contributed by atoms with Crippen LogP contribution in [0.1, 0.15) is 52.9 Å². The normalized spacial score (nSPS) is 42.3. The fourth-order valence-electron chi connectivity index (χ4n) is 5.56. The third-order valence-corrected chi connectivity index (χ3v) is 12.2. The third-order valence-electron chi connectivity index (χ3n) is 7.54. The van der Waals surface area contributed by atoms with E-state index in [1.807, 2.05) is 23.6 Å². The molecule has 0 aromatic carbocycles. The Balaban J connectivity index is 1.36. The number of nitrogens with zero attached hydrogens (tertiary/aromatic N) is 2. The van der Waals surface area contributed by atoms with Gasteiger partial charge in [0.25, 0.3) is 0 Å². The number of carbonyl (C=O) groups excluding carboxylic acids is 1. The Morgan fingerprint density at radius 1 is 1.23 bits per heavy atom. The van der Waals surface area contributed by atoms with Gasteiger partial charge in [-0.2, -0.15) is 0 Å². The van der Waals surface area contributed by atoms with Crippen LogP contribution in [0.15, 0.2) is 0 Å². The summed E-state index contributed by atoms with van der Waals surface area (Å²) < 4.78 is 29.2. The summed E-state index contributed by atoms with van der Waals surface area (Å²) in [5.74, 6) is 0.977. The van der Waals surface area contributed by atoms with Crippen LogP contribution >= 0.6 is 23.5 Å². The van der Waals surface area contributed by atoms with Crippen molar-refractivity contribution in [2.45, 2.75) is 97.9 Å². The quantitative estimate of drug-likeness (QED) is 0.521. The second-order valence-electron chi connectivity index (χ2n) is 10.1. The molecule has 0 bridgehead atoms. The third kappa shape index (κ3) is 4.35. The van der Waals surface area contributed by atoms with E-state index in [0.717, 1.165) is 38.1 Å². The second kappa shape index (κ2) is 8.23. The van der Waals surface area contributed by atoms with E-state index in [2.05, 4.69) is 34.1 Å². The van der Waals surface area contributed by atoms with Gasteiger partial charge < -0.3 is 10.2 Å². The van der Waals surface area contributed by atoms with E-state index in [0.29, 0.717) is 29.5 Å². The molecule has 7 atom stereocenters. The average Bonchev–Trinajstić information content (AvgIpc) is 3.05. The smallest absolute Gasteiger partial charge is 0.318 e. The molecule has 8 nitrogen and oxygen atoms in total. The zero-order chi connectivity index (χ0) is 22.0. The van der Waals surface area contributed by atoms with Gasteiger partial charge in [-0.05, 0) is 52.9 Å². The first-order valence-electron chi connectivity index (χ1n) is 11.6. The lowest BCUT2D eigenvalue weighted by atomic mass is 9.89. The van der Waals surface area contributed by atoms with E-state index in [9.17, 15) is 13.2 Å². The molecule has 2 amide bonds. The van der Waals surface area contributed by atoms with Crippen molar-refractivity contribution in [1.82, 2.24) is 25.2 Å². The molecule has 5 aliphatic rings. The minimum atomic E-state index is -3.39. The molecule has 3 aliphatic heterocycles. The van der Waals surface area contributed by atoms with Gasteiger partial charge in [-0.3, -0.25) is 10.2 Å². The van der Waals surface area contributed by atoms with Gasteiger partial charge in [-0.1, -0.05) is 0 Å². The molecule has 0 aromatic rings. The number of hydrogen-bond acceptors (Lipinski definition) is 7. The van der Waals surface area contributed by atoms with Crippen LogP contribution in [0, 0.1) is 0 Å². The van der Waals surface area contributed by atoms with Crippen molar-refractivity contribution in [3.63, 3.8) is 0 Å². The molecule has 2 saturated carbocycles. The second-order valence-corrected chi connectivity index (χ2v) is 14.8. The van der Waals surface area contributed by atoms with Gasteiger partial charge in [0.2, 0.25) is 10.0 Å². The van der Waals surface area contributed by atoms with Gasteiger partial charge in [0.05, 0.1) is 22.7 Å². The van der Waals surface area contributed by atoms with Crippen molar-refractivity contribution < 1.29 is 13.2 Å². The standard InChI is InChI=1S/C20H35N5O3S3/c1-12-17(30-13(2)22-12)11-24-15-5-4-14(31(27,28)23-20(3)6-7-20)10-16(15)25(19(24)26)18-21-8-9-29-18/h12-18,21-23H,4-11H2,1-3H3. The summed E-state index contributed by atoms with van der Waals surface area (Å²) in [4.78, 5) is 17.7. The Hall–Kier alpha value is -0.200. The summed E-state index contributed by atoms with van der Waals surface area (Å²) in [7, 11) is -3.39. The SMILES string of the molecule is CC1NC(C)C(CN2C(=O)N(C3NCCS3)C3CC(S(=O)(=O)NC4(C)CC4)CCC32)S1. The molecule has 0 spiro atoms. The number of thioether (sulfide) groups is 2. The van der Waals surface area contributed by atoms with Crippen LogP contribution in [0.5, 0.6) is 0 Å². The summed E-state index contributed by atoms with van der Waals surface area (Å²) in [6.45, 7) is 7.96. The molecule has 3 heterocycles. The largest absolute Gasteiger partial charge is 0.322 e. The number of rotatable bonds is 6. The molecule has 3 saturated heterocycles. The molecular weight excluding hydrogens is 454 g/mol. The Morgan fingerprint density at radius 3 is 2.61 bits per heavy atom. The number of amides is 2. The molecule has 5 fully saturated rings. The summed E-state index contributed by atoms with van der Waals surface area (Å²) in [5, 5.41) is 7.34. The van der Waals surface area contributed by atoms with E-state index in [1.54, 1.807) is 11.8 Å². The van der Waals surface area contributed by atoms with Crippen molar-refractivity contribution in [1.29, 1.82) is 0 Å². The molecular formula is C20H35N5O3S3. The predicted octanol–water partition coefficient (Wildman–Crippen LogP) is 1.55. The van der Waals surface area contributed by atoms with Gasteiger partial charge in [-0.15, -0.1) is 23.5 Å². The van der Waals surface area contributed by atoms with E-state index in [4.69, 9.17) is 0 Å². The maximum absolute atomic E-state index is 13.6. The minimum absolute atomic E-state index is 0.0499. The monoisotopic (exact) mass is 489 g/mol. The highest BCUT2D eigenvalue weighted by Crippen LogP contribution is 2.42. The molecule has 0 radical (unpaired) electrons. The molecule has 0 aromatic heterocycles. The first-order chi connectivity index (χ1) is 14.7. The van der Waals surface area contributed by atoms with E-state index >= 15 is 0 Å². The van der Waals surface area contributed by atoms with Crippen LogP contribution < -0.4 is 15.4 Å². The lowest BCUT2D eigenvalue weighted by Gasteiger charge is -2.38. The fourth-order valence-corrected chi connectivity index (χ4v) is 9.99. The van der Waals surface area contributed by atoms with E-state index in [1.165, 1.54) is 0 Å². The molecule has 2 aliphatic carbocycles. The first kappa shape index (κ1) is 22.6. The van der Waals surface area contributed by atoms with Gasteiger partial charge in [0.15, 0.2) is 0 Å². The fraction of sp³-hybridized carbons (Fsp3) is 0.950. The van der Waals surface area contributed by atoms with Gasteiger partial charge in [-0.25, -0.2) is 17.9 Å². The van der Waals surface area contributed by atoms with Gasteiger partial charge >= 0.3 is 6.03 Å². The Bertz CT molecular complexity index is 817. The Labute approximate surface area is 194 Å². The number of carbonyl (C=O) groups is 1. The molecule has 176 valence electrons. The average molecular weight is 490 g/mol. The number of nitrogens with one attached hydrogen (secondary N) is 3. The lowest BCUT2D eigenvalue weighted by molar-refractivity contribution is 0.175. The highest BCUT2D eigenvalue weighted by molar-refractivity contribution is 8.00. The summed E-state index contributed by atoms with van der Waals surface area (Å²) in [6.07, 6.45) is 3.73. The minimum Gasteiger partial charge on any atom is -0.318 e. The molecule has 31 heavy (non-hydrogen) atoms. The van der Waals surface area contributed by atoms with Crippen LogP contribution in [0.25, 0.3) is 0 Å². The van der Waals surface area contributed by atoms with Crippen molar-refractivity contribution in [3.05, 3.63) is 0 Å². The van der Waals surface area contributed by atoms with Crippen LogP contribution in [-0.2, 0) is 10.0 Å². The van der Waals surface area contributed by atoms with Gasteiger partial charge in [0.1, 0.15) is 5.50 Å². The van der Waals surface area contributed by atoms with Crippen molar-refractivity contribution in [2.75, 3.05) is 18.8 Å². The zero-order valence-electron chi connectivity index (χ0n) is 18.5. The summed E-state index contributed by atoms with van der Waals surface area (Å²) >= 11 is 3.66. The van der Waals surface area contributed by atoms with E-state index in [-0.39, 0.29) is 29.2 Å². The Kier molecular flexibility index (Phi) is 6.00. The maximum atomic E-state index is 13.6. The van der Waals surface area contributed by atoms with Crippen LogP contribution in [0.3, 0.4) is 0 Å². The van der Waals surface area contributed by atoms with Crippen LogP contribution in [-0.4, -0.2) is 88.1 Å². The zero-order valence-corrected chi connectivity index (χ0v) is 21.0. The number of urea groups is 1. The predicted molar refractivity (Wildman–Crippen MR) is 127 cm³/mol. The number of sulfonamides is 1. The number of fused-ring (bicyclic) bond motifs is 1.